The highest BCUT2D eigenvalue weighted by Gasteiger charge is 2.19. The maximum Gasteiger partial charge on any atom is 0.277 e. The summed E-state index contributed by atoms with van der Waals surface area (Å²) in [5, 5.41) is 8.53. The van der Waals surface area contributed by atoms with E-state index >= 15 is 0 Å². The van der Waals surface area contributed by atoms with Crippen LogP contribution in [0.1, 0.15) is 27.3 Å². The fraction of sp³-hybridized carbons (Fsp3) is 0.240. The third kappa shape index (κ3) is 4.52. The number of rotatable bonds is 8. The largest absolute Gasteiger partial charge is 0.454 e. The number of aromatic nitrogens is 3. The Morgan fingerprint density at radius 1 is 1.03 bits per heavy atom. The molecular formula is C25H23N3O4S. The summed E-state index contributed by atoms with van der Waals surface area (Å²) in [7, 11) is 0. The van der Waals surface area contributed by atoms with Gasteiger partial charge in [0.25, 0.3) is 5.22 Å². The highest BCUT2D eigenvalue weighted by Crippen LogP contribution is 2.36. The molecule has 0 atom stereocenters. The lowest BCUT2D eigenvalue weighted by Gasteiger charge is -2.10. The smallest absolute Gasteiger partial charge is 0.277 e. The van der Waals surface area contributed by atoms with Crippen LogP contribution >= 0.6 is 11.8 Å². The molecule has 0 N–H and O–H groups in total. The summed E-state index contributed by atoms with van der Waals surface area (Å²) >= 11 is 1.24. The van der Waals surface area contributed by atoms with Crippen molar-refractivity contribution in [2.45, 2.75) is 32.0 Å². The molecule has 8 heteroatoms. The maximum absolute atomic E-state index is 12.9. The van der Waals surface area contributed by atoms with Gasteiger partial charge in [0.2, 0.25) is 12.7 Å². The second-order valence-electron chi connectivity index (χ2n) is 7.83. The zero-order chi connectivity index (χ0) is 22.8. The average Bonchev–Trinajstić information content (AvgIpc) is 3.56. The van der Waals surface area contributed by atoms with Gasteiger partial charge in [-0.25, -0.2) is 0 Å². The van der Waals surface area contributed by atoms with Crippen LogP contribution in [0.2, 0.25) is 0 Å². The molecule has 0 radical (unpaired) electrons. The van der Waals surface area contributed by atoms with E-state index in [1.54, 1.807) is 6.07 Å². The van der Waals surface area contributed by atoms with Crippen LogP contribution in [0, 0.1) is 13.8 Å². The van der Waals surface area contributed by atoms with Crippen LogP contribution < -0.4 is 9.47 Å². The first-order valence-electron chi connectivity index (χ1n) is 10.7. The third-order valence-electron chi connectivity index (χ3n) is 5.69. The molecule has 0 amide bonds. The van der Waals surface area contributed by atoms with Gasteiger partial charge in [0, 0.05) is 29.1 Å². The molecule has 1 aliphatic rings. The Balaban J connectivity index is 1.23. The van der Waals surface area contributed by atoms with E-state index in [-0.39, 0.29) is 18.3 Å². The van der Waals surface area contributed by atoms with Crippen molar-refractivity contribution in [2.24, 2.45) is 0 Å². The van der Waals surface area contributed by atoms with Crippen molar-refractivity contribution in [1.29, 1.82) is 0 Å². The Hall–Kier alpha value is -3.52. The minimum absolute atomic E-state index is 0.0434. The van der Waals surface area contributed by atoms with E-state index in [9.17, 15) is 4.79 Å². The lowest BCUT2D eigenvalue weighted by atomic mass is 10.1. The number of thioether (sulfide) groups is 1. The van der Waals surface area contributed by atoms with Crippen molar-refractivity contribution in [1.82, 2.24) is 14.8 Å². The first-order chi connectivity index (χ1) is 16.1. The molecule has 33 heavy (non-hydrogen) atoms. The highest BCUT2D eigenvalue weighted by molar-refractivity contribution is 7.99. The van der Waals surface area contributed by atoms with Crippen LogP contribution in [0.4, 0.5) is 0 Å². The Bertz CT molecular complexity index is 1300. The van der Waals surface area contributed by atoms with Gasteiger partial charge in [0.05, 0.1) is 5.75 Å². The first-order valence-corrected chi connectivity index (χ1v) is 11.7. The minimum atomic E-state index is 0.0434. The van der Waals surface area contributed by atoms with Crippen LogP contribution in [-0.4, -0.2) is 33.1 Å². The number of nitrogens with zero attached hydrogens (tertiary/aromatic N) is 3. The van der Waals surface area contributed by atoms with E-state index in [1.807, 2.05) is 50.2 Å². The Morgan fingerprint density at radius 2 is 1.85 bits per heavy atom. The number of benzene rings is 2. The number of hydrogen-bond acceptors (Lipinski definition) is 7. The fourth-order valence-corrected chi connectivity index (χ4v) is 4.58. The van der Waals surface area contributed by atoms with Gasteiger partial charge in [-0.15, -0.1) is 10.2 Å². The summed E-state index contributed by atoms with van der Waals surface area (Å²) in [6.07, 6.45) is 0.921. The van der Waals surface area contributed by atoms with Gasteiger partial charge >= 0.3 is 0 Å². The van der Waals surface area contributed by atoms with Crippen LogP contribution in [0.25, 0.3) is 11.5 Å². The summed E-state index contributed by atoms with van der Waals surface area (Å²) in [5.41, 5.74) is 4.83. The first kappa shape index (κ1) is 21.3. The number of Topliss-reactive ketones (excluding diaryl/α,β-unsaturated/α-hetero) is 1. The van der Waals surface area contributed by atoms with Crippen molar-refractivity contribution in [3.8, 4) is 23.0 Å². The van der Waals surface area contributed by atoms with Crippen molar-refractivity contribution < 1.29 is 18.7 Å². The SMILES string of the molecule is Cc1cc(C(=O)CSc2nnc(-c3ccc4c(c3)OCO4)o2)c(C)n1CCc1ccccc1. The Kier molecular flexibility index (Phi) is 5.92. The fourth-order valence-electron chi connectivity index (χ4n) is 3.93. The Labute approximate surface area is 195 Å². The van der Waals surface area contributed by atoms with Crippen molar-refractivity contribution in [3.05, 3.63) is 77.1 Å². The normalized spacial score (nSPS) is 12.3. The van der Waals surface area contributed by atoms with Crippen LogP contribution in [0.3, 0.4) is 0 Å². The molecule has 5 rings (SSSR count). The van der Waals surface area contributed by atoms with E-state index in [0.29, 0.717) is 22.6 Å². The van der Waals surface area contributed by atoms with E-state index in [0.717, 1.165) is 35.5 Å². The number of aryl methyl sites for hydroxylation is 2. The second kappa shape index (κ2) is 9.15. The molecule has 1 aliphatic heterocycles. The van der Waals surface area contributed by atoms with Crippen molar-refractivity contribution >= 4 is 17.5 Å². The molecule has 0 saturated carbocycles. The van der Waals surface area contributed by atoms with E-state index in [4.69, 9.17) is 13.9 Å². The van der Waals surface area contributed by atoms with Gasteiger partial charge in [0.15, 0.2) is 17.3 Å². The van der Waals surface area contributed by atoms with E-state index in [2.05, 4.69) is 26.9 Å². The molecule has 7 nitrogen and oxygen atoms in total. The molecule has 4 aromatic rings. The summed E-state index contributed by atoms with van der Waals surface area (Å²) in [5.74, 6) is 1.99. The highest BCUT2D eigenvalue weighted by atomic mass is 32.2. The van der Waals surface area contributed by atoms with Gasteiger partial charge in [-0.05, 0) is 50.1 Å². The average molecular weight is 462 g/mol. The molecule has 0 unspecified atom stereocenters. The summed E-state index contributed by atoms with van der Waals surface area (Å²) in [6.45, 7) is 5.08. The monoisotopic (exact) mass is 461 g/mol. The summed E-state index contributed by atoms with van der Waals surface area (Å²) < 4.78 is 18.7. The van der Waals surface area contributed by atoms with E-state index < -0.39 is 0 Å². The number of fused-ring (bicyclic) bond motifs is 1. The standard InChI is InChI=1S/C25H23N3O4S/c1-16-12-20(17(2)28(16)11-10-18-6-4-3-5-7-18)21(29)14-33-25-27-26-24(32-25)19-8-9-22-23(13-19)31-15-30-22/h3-9,12-13H,10-11,14-15H2,1-2H3. The zero-order valence-electron chi connectivity index (χ0n) is 18.4. The topological polar surface area (TPSA) is 79.4 Å². The second-order valence-corrected chi connectivity index (χ2v) is 8.75. The molecule has 2 aromatic heterocycles. The quantitative estimate of drug-likeness (QED) is 0.267. The predicted molar refractivity (Wildman–Crippen MR) is 125 cm³/mol. The van der Waals surface area contributed by atoms with E-state index in [1.165, 1.54) is 17.3 Å². The molecule has 3 heterocycles. The molecule has 0 saturated heterocycles. The number of carbonyl (C=O) groups is 1. The minimum Gasteiger partial charge on any atom is -0.454 e. The van der Waals surface area contributed by atoms with Gasteiger partial charge in [0.1, 0.15) is 0 Å². The van der Waals surface area contributed by atoms with Crippen LogP contribution in [-0.2, 0) is 13.0 Å². The lowest BCUT2D eigenvalue weighted by Crippen LogP contribution is -2.08. The third-order valence-corrected chi connectivity index (χ3v) is 6.51. The maximum atomic E-state index is 12.9. The lowest BCUT2D eigenvalue weighted by molar-refractivity contribution is 0.102. The van der Waals surface area contributed by atoms with Gasteiger partial charge < -0.3 is 18.5 Å². The van der Waals surface area contributed by atoms with Crippen LogP contribution in [0.15, 0.2) is 64.2 Å². The molecule has 168 valence electrons. The number of ether oxygens (including phenoxy) is 2. The van der Waals surface area contributed by atoms with Gasteiger partial charge in [-0.3, -0.25) is 4.79 Å². The van der Waals surface area contributed by atoms with Gasteiger partial charge in [-0.1, -0.05) is 42.1 Å². The Morgan fingerprint density at radius 3 is 2.70 bits per heavy atom. The number of carbonyl (C=O) groups excluding carboxylic acids is 1. The number of ketones is 1. The van der Waals surface area contributed by atoms with Gasteiger partial charge in [-0.2, -0.15) is 0 Å². The zero-order valence-corrected chi connectivity index (χ0v) is 19.2. The molecule has 2 aromatic carbocycles. The van der Waals surface area contributed by atoms with Crippen molar-refractivity contribution in [2.75, 3.05) is 12.5 Å². The molecular weight excluding hydrogens is 438 g/mol. The summed E-state index contributed by atoms with van der Waals surface area (Å²) in [4.78, 5) is 12.9. The number of hydrogen-bond donors (Lipinski definition) is 0. The molecule has 0 spiro atoms. The predicted octanol–water partition coefficient (Wildman–Crippen LogP) is 5.10. The van der Waals surface area contributed by atoms with Crippen LogP contribution in [0.5, 0.6) is 11.5 Å². The molecule has 0 fully saturated rings. The molecule has 0 bridgehead atoms. The van der Waals surface area contributed by atoms with Crippen molar-refractivity contribution in [3.63, 3.8) is 0 Å². The molecule has 0 aliphatic carbocycles. The summed E-state index contributed by atoms with van der Waals surface area (Å²) in [6, 6.07) is 17.8.